The maximum Gasteiger partial charge on any atom is 0.244 e. The largest absolute Gasteiger partial charge is 0.348 e. The van der Waals surface area contributed by atoms with Gasteiger partial charge in [0.15, 0.2) is 0 Å². The number of carbonyl (C=O) groups is 1. The number of anilines is 1. The molecular weight excluding hydrogens is 408 g/mol. The van der Waals surface area contributed by atoms with Gasteiger partial charge in [0.2, 0.25) is 15.9 Å². The number of nitrogens with zero attached hydrogens (tertiary/aromatic N) is 1. The van der Waals surface area contributed by atoms with E-state index in [0.29, 0.717) is 17.1 Å². The molecule has 0 aliphatic rings. The lowest BCUT2D eigenvalue weighted by molar-refractivity contribution is -0.122. The van der Waals surface area contributed by atoms with Gasteiger partial charge >= 0.3 is 0 Å². The van der Waals surface area contributed by atoms with Gasteiger partial charge in [-0.3, -0.25) is 9.10 Å². The van der Waals surface area contributed by atoms with E-state index in [-0.39, 0.29) is 11.9 Å². The first-order chi connectivity index (χ1) is 13.5. The smallest absolute Gasteiger partial charge is 0.244 e. The lowest BCUT2D eigenvalue weighted by Gasteiger charge is -2.31. The topological polar surface area (TPSA) is 66.5 Å². The van der Waals surface area contributed by atoms with Gasteiger partial charge in [-0.05, 0) is 80.6 Å². The fourth-order valence-electron chi connectivity index (χ4n) is 3.48. The number of hydrogen-bond donors (Lipinski definition) is 1. The number of nitrogens with one attached hydrogen (secondary N) is 1. The zero-order valence-corrected chi connectivity index (χ0v) is 19.4. The highest BCUT2D eigenvalue weighted by Gasteiger charge is 2.32. The van der Waals surface area contributed by atoms with Gasteiger partial charge in [0, 0.05) is 5.02 Å². The summed E-state index contributed by atoms with van der Waals surface area (Å²) < 4.78 is 26.2. The SMILES string of the molecule is CC[C@H](C(=O)N[C@@H](C)c1cc(C)c(C)cc1C)N(c1ccc(Cl)cc1)S(C)(=O)=O. The summed E-state index contributed by atoms with van der Waals surface area (Å²) >= 11 is 5.93. The van der Waals surface area contributed by atoms with Crippen molar-refractivity contribution < 1.29 is 13.2 Å². The highest BCUT2D eigenvalue weighted by Crippen LogP contribution is 2.26. The number of halogens is 1. The minimum atomic E-state index is -3.68. The van der Waals surface area contributed by atoms with E-state index >= 15 is 0 Å². The van der Waals surface area contributed by atoms with Crippen LogP contribution in [0.4, 0.5) is 5.69 Å². The van der Waals surface area contributed by atoms with Crippen molar-refractivity contribution in [3.63, 3.8) is 0 Å². The Morgan fingerprint density at radius 1 is 1.07 bits per heavy atom. The second kappa shape index (κ2) is 9.18. The van der Waals surface area contributed by atoms with E-state index in [0.717, 1.165) is 22.9 Å². The normalized spacial score (nSPS) is 13.6. The van der Waals surface area contributed by atoms with E-state index in [2.05, 4.69) is 24.4 Å². The molecule has 7 heteroatoms. The van der Waals surface area contributed by atoms with Gasteiger partial charge in [0.25, 0.3) is 0 Å². The van der Waals surface area contributed by atoms with Crippen LogP contribution in [0.15, 0.2) is 36.4 Å². The molecule has 0 radical (unpaired) electrons. The number of sulfonamides is 1. The summed E-state index contributed by atoms with van der Waals surface area (Å²) in [6.07, 6.45) is 1.44. The Balaban J connectivity index is 2.34. The second-order valence-electron chi connectivity index (χ2n) is 7.48. The summed E-state index contributed by atoms with van der Waals surface area (Å²) in [5, 5.41) is 3.50. The third-order valence-electron chi connectivity index (χ3n) is 5.12. The van der Waals surface area contributed by atoms with Gasteiger partial charge in [0.1, 0.15) is 6.04 Å². The molecule has 5 nitrogen and oxygen atoms in total. The summed E-state index contributed by atoms with van der Waals surface area (Å²) in [5.41, 5.74) is 4.87. The van der Waals surface area contributed by atoms with Crippen LogP contribution in [0, 0.1) is 20.8 Å². The molecule has 1 amide bonds. The number of hydrogen-bond acceptors (Lipinski definition) is 3. The Morgan fingerprint density at radius 3 is 2.14 bits per heavy atom. The summed E-state index contributed by atoms with van der Waals surface area (Å²) in [6.45, 7) is 9.81. The lowest BCUT2D eigenvalue weighted by Crippen LogP contribution is -2.49. The number of amides is 1. The molecule has 0 fully saturated rings. The minimum absolute atomic E-state index is 0.248. The van der Waals surface area contributed by atoms with Crippen molar-refractivity contribution >= 4 is 33.2 Å². The monoisotopic (exact) mass is 436 g/mol. The van der Waals surface area contributed by atoms with Crippen LogP contribution in [0.3, 0.4) is 0 Å². The molecule has 0 unspecified atom stereocenters. The van der Waals surface area contributed by atoms with Gasteiger partial charge in [0.05, 0.1) is 18.0 Å². The first-order valence-electron chi connectivity index (χ1n) is 9.58. The van der Waals surface area contributed by atoms with Crippen molar-refractivity contribution in [1.29, 1.82) is 0 Å². The van der Waals surface area contributed by atoms with Gasteiger partial charge in [-0.1, -0.05) is 30.7 Å². The molecule has 0 aliphatic carbocycles. The van der Waals surface area contributed by atoms with E-state index in [9.17, 15) is 13.2 Å². The average molecular weight is 437 g/mol. The molecule has 2 aromatic rings. The van der Waals surface area contributed by atoms with Crippen LogP contribution in [0.25, 0.3) is 0 Å². The number of rotatable bonds is 7. The Kier molecular flexibility index (Phi) is 7.35. The Bertz CT molecular complexity index is 988. The minimum Gasteiger partial charge on any atom is -0.348 e. The number of carbonyl (C=O) groups excluding carboxylic acids is 1. The molecule has 158 valence electrons. The molecule has 0 heterocycles. The maximum atomic E-state index is 13.1. The summed E-state index contributed by atoms with van der Waals surface area (Å²) in [7, 11) is -3.68. The van der Waals surface area contributed by atoms with Gasteiger partial charge in [-0.25, -0.2) is 8.42 Å². The second-order valence-corrected chi connectivity index (χ2v) is 9.78. The molecule has 1 N–H and O–H groups in total. The van der Waals surface area contributed by atoms with Crippen LogP contribution >= 0.6 is 11.6 Å². The molecular formula is C22H29ClN2O3S. The molecule has 0 saturated heterocycles. The molecule has 29 heavy (non-hydrogen) atoms. The summed E-state index contributed by atoms with van der Waals surface area (Å²) in [4.78, 5) is 13.1. The molecule has 0 aromatic heterocycles. The third kappa shape index (κ3) is 5.52. The fourth-order valence-corrected chi connectivity index (χ4v) is 4.82. The third-order valence-corrected chi connectivity index (χ3v) is 6.55. The van der Waals surface area contributed by atoms with Crippen molar-refractivity contribution in [2.24, 2.45) is 0 Å². The van der Waals surface area contributed by atoms with Crippen LogP contribution in [0.1, 0.15) is 48.6 Å². The first-order valence-corrected chi connectivity index (χ1v) is 11.8. The van der Waals surface area contributed by atoms with Crippen LogP contribution in [0.2, 0.25) is 5.02 Å². The van der Waals surface area contributed by atoms with Gasteiger partial charge in [-0.2, -0.15) is 0 Å². The Morgan fingerprint density at radius 2 is 1.62 bits per heavy atom. The quantitative estimate of drug-likeness (QED) is 0.684. The molecule has 2 atom stereocenters. The zero-order chi connectivity index (χ0) is 21.9. The van der Waals surface area contributed by atoms with E-state index in [1.54, 1.807) is 31.2 Å². The zero-order valence-electron chi connectivity index (χ0n) is 17.8. The molecule has 0 bridgehead atoms. The van der Waals surface area contributed by atoms with Crippen LogP contribution in [0.5, 0.6) is 0 Å². The average Bonchev–Trinajstić information content (AvgIpc) is 2.62. The molecule has 2 rings (SSSR count). The van der Waals surface area contributed by atoms with E-state index in [1.165, 1.54) is 9.87 Å². The van der Waals surface area contributed by atoms with Crippen LogP contribution in [-0.4, -0.2) is 26.6 Å². The number of benzene rings is 2. The highest BCUT2D eigenvalue weighted by molar-refractivity contribution is 7.92. The Labute approximate surface area is 179 Å². The Hall–Kier alpha value is -2.05. The van der Waals surface area contributed by atoms with Crippen molar-refractivity contribution in [1.82, 2.24) is 5.32 Å². The van der Waals surface area contributed by atoms with Crippen LogP contribution < -0.4 is 9.62 Å². The predicted molar refractivity (Wildman–Crippen MR) is 120 cm³/mol. The molecule has 0 aliphatic heterocycles. The molecule has 2 aromatic carbocycles. The number of aryl methyl sites for hydroxylation is 3. The van der Waals surface area contributed by atoms with Crippen molar-refractivity contribution in [3.05, 3.63) is 63.7 Å². The van der Waals surface area contributed by atoms with Gasteiger partial charge in [-0.15, -0.1) is 0 Å². The predicted octanol–water partition coefficient (Wildman–Crippen LogP) is 4.69. The van der Waals surface area contributed by atoms with E-state index in [4.69, 9.17) is 11.6 Å². The van der Waals surface area contributed by atoms with Crippen molar-refractivity contribution in [2.45, 2.75) is 53.1 Å². The van der Waals surface area contributed by atoms with E-state index in [1.807, 2.05) is 20.8 Å². The highest BCUT2D eigenvalue weighted by atomic mass is 35.5. The van der Waals surface area contributed by atoms with Crippen molar-refractivity contribution in [2.75, 3.05) is 10.6 Å². The fraction of sp³-hybridized carbons (Fsp3) is 0.409. The lowest BCUT2D eigenvalue weighted by atomic mass is 9.96. The standard InChI is InChI=1S/C22H29ClN2O3S/c1-7-21(25(29(6,27)28)19-10-8-18(23)9-11-19)22(26)24-17(5)20-13-15(3)14(2)12-16(20)4/h8-13,17,21H,7H2,1-6H3,(H,24,26)/t17-,21+/m0/s1. The maximum absolute atomic E-state index is 13.1. The van der Waals surface area contributed by atoms with E-state index < -0.39 is 16.1 Å². The summed E-state index contributed by atoms with van der Waals surface area (Å²) in [5.74, 6) is -0.335. The first kappa shape index (κ1) is 23.2. The van der Waals surface area contributed by atoms with Crippen molar-refractivity contribution in [3.8, 4) is 0 Å². The molecule has 0 spiro atoms. The molecule has 0 saturated carbocycles. The van der Waals surface area contributed by atoms with Gasteiger partial charge < -0.3 is 5.32 Å². The summed E-state index contributed by atoms with van der Waals surface area (Å²) in [6, 6.07) is 9.50. The van der Waals surface area contributed by atoms with Crippen LogP contribution in [-0.2, 0) is 14.8 Å².